The summed E-state index contributed by atoms with van der Waals surface area (Å²) < 4.78 is 36.6. The fraction of sp³-hybridized carbons (Fsp3) is 0.667. The normalized spacial score (nSPS) is 20.8. The van der Waals surface area contributed by atoms with E-state index in [-0.39, 0.29) is 13.0 Å². The van der Waals surface area contributed by atoms with Gasteiger partial charge in [0.25, 0.3) is 5.92 Å². The standard InChI is InChI=1S/C30H41F2N5O2/c1-29(2,3)39-28(38)26(24-17-33-19-35-25(24)20-9-10-20)37-16-13-22(18-37)30(31,32)14-5-4-8-23-12-11-21-7-6-15-34-27(21)36-23/h11-12,17,19-20,22,26H,4-10,13-16,18H2,1-3H3,(H,34,36)/t22-,26?/m1/s1. The minimum Gasteiger partial charge on any atom is -0.459 e. The Labute approximate surface area is 230 Å². The number of nitrogens with one attached hydrogen (secondary N) is 1. The average molecular weight is 542 g/mol. The van der Waals surface area contributed by atoms with Crippen molar-refractivity contribution in [3.05, 3.63) is 47.2 Å². The van der Waals surface area contributed by atoms with Crippen LogP contribution in [0.2, 0.25) is 0 Å². The molecule has 2 atom stereocenters. The number of esters is 1. The maximum absolute atomic E-state index is 15.4. The van der Waals surface area contributed by atoms with E-state index in [1.165, 1.54) is 11.9 Å². The van der Waals surface area contributed by atoms with E-state index in [4.69, 9.17) is 4.74 Å². The predicted molar refractivity (Wildman–Crippen MR) is 146 cm³/mol. The Balaban J connectivity index is 1.21. The number of hydrogen-bond donors (Lipinski definition) is 1. The Bertz CT molecular complexity index is 1160. The largest absolute Gasteiger partial charge is 0.459 e. The van der Waals surface area contributed by atoms with Gasteiger partial charge in [0.15, 0.2) is 0 Å². The molecule has 212 valence electrons. The fourth-order valence-corrected chi connectivity index (χ4v) is 5.83. The lowest BCUT2D eigenvalue weighted by molar-refractivity contribution is -0.162. The maximum Gasteiger partial charge on any atom is 0.328 e. The lowest BCUT2D eigenvalue weighted by atomic mass is 9.95. The first-order chi connectivity index (χ1) is 18.6. The van der Waals surface area contributed by atoms with Crippen molar-refractivity contribution >= 4 is 11.8 Å². The maximum atomic E-state index is 15.4. The zero-order chi connectivity index (χ0) is 27.6. The zero-order valence-corrected chi connectivity index (χ0v) is 23.4. The molecule has 0 spiro atoms. The molecule has 4 heterocycles. The van der Waals surface area contributed by atoms with Crippen LogP contribution < -0.4 is 5.32 Å². The van der Waals surface area contributed by atoms with Gasteiger partial charge in [-0.3, -0.25) is 4.90 Å². The van der Waals surface area contributed by atoms with Crippen LogP contribution in [0.5, 0.6) is 0 Å². The number of fused-ring (bicyclic) bond motifs is 1. The van der Waals surface area contributed by atoms with E-state index in [1.54, 1.807) is 6.20 Å². The molecular weight excluding hydrogens is 500 g/mol. The van der Waals surface area contributed by atoms with Crippen LogP contribution in [0.4, 0.5) is 14.6 Å². The van der Waals surface area contributed by atoms with Gasteiger partial charge in [-0.1, -0.05) is 6.07 Å². The van der Waals surface area contributed by atoms with Crippen molar-refractivity contribution in [1.29, 1.82) is 0 Å². The van der Waals surface area contributed by atoms with Crippen LogP contribution in [0.1, 0.15) is 100 Å². The molecule has 39 heavy (non-hydrogen) atoms. The molecule has 0 radical (unpaired) electrons. The first-order valence-corrected chi connectivity index (χ1v) is 14.5. The third kappa shape index (κ3) is 6.91. The van der Waals surface area contributed by atoms with E-state index in [0.717, 1.165) is 49.4 Å². The van der Waals surface area contributed by atoms with Crippen LogP contribution in [0.3, 0.4) is 0 Å². The number of anilines is 1. The number of hydrogen-bond acceptors (Lipinski definition) is 7. The molecule has 0 bridgehead atoms. The van der Waals surface area contributed by atoms with Gasteiger partial charge in [-0.2, -0.15) is 0 Å². The molecule has 1 N–H and O–H groups in total. The van der Waals surface area contributed by atoms with E-state index >= 15 is 8.78 Å². The summed E-state index contributed by atoms with van der Waals surface area (Å²) in [5.74, 6) is -2.78. The average Bonchev–Trinajstić information content (AvgIpc) is 3.62. The van der Waals surface area contributed by atoms with E-state index in [0.29, 0.717) is 43.7 Å². The molecule has 0 aromatic carbocycles. The molecule has 1 saturated heterocycles. The molecule has 2 aromatic rings. The summed E-state index contributed by atoms with van der Waals surface area (Å²) in [6, 6.07) is 3.36. The molecular formula is C30H41F2N5O2. The number of carbonyl (C=O) groups is 1. The van der Waals surface area contributed by atoms with Gasteiger partial charge in [0.2, 0.25) is 0 Å². The molecule has 1 aliphatic carbocycles. The molecule has 5 rings (SSSR count). The van der Waals surface area contributed by atoms with Crippen molar-refractivity contribution in [3.8, 4) is 0 Å². The van der Waals surface area contributed by atoms with Crippen LogP contribution >= 0.6 is 0 Å². The van der Waals surface area contributed by atoms with Crippen LogP contribution in [0, 0.1) is 5.92 Å². The quantitative estimate of drug-likeness (QED) is 0.298. The van der Waals surface area contributed by atoms with Gasteiger partial charge >= 0.3 is 5.97 Å². The number of ether oxygens (including phenoxy) is 1. The van der Waals surface area contributed by atoms with Gasteiger partial charge in [-0.25, -0.2) is 28.5 Å². The Morgan fingerprint density at radius 1 is 1.21 bits per heavy atom. The Morgan fingerprint density at radius 3 is 2.79 bits per heavy atom. The Hall–Kier alpha value is -2.68. The summed E-state index contributed by atoms with van der Waals surface area (Å²) in [7, 11) is 0. The number of nitrogens with zero attached hydrogens (tertiary/aromatic N) is 4. The summed E-state index contributed by atoms with van der Waals surface area (Å²) in [5.41, 5.74) is 3.05. The van der Waals surface area contributed by atoms with E-state index in [1.807, 2.05) is 31.7 Å². The molecule has 1 saturated carbocycles. The second-order valence-electron chi connectivity index (χ2n) is 12.4. The fourth-order valence-electron chi connectivity index (χ4n) is 5.83. The third-order valence-electron chi connectivity index (χ3n) is 7.99. The van der Waals surface area contributed by atoms with Gasteiger partial charge in [0, 0.05) is 48.8 Å². The van der Waals surface area contributed by atoms with Gasteiger partial charge in [0.1, 0.15) is 23.8 Å². The number of alkyl halides is 2. The topological polar surface area (TPSA) is 80.2 Å². The molecule has 2 aliphatic heterocycles. The van der Waals surface area contributed by atoms with Crippen LogP contribution in [-0.4, -0.2) is 57.0 Å². The Kier molecular flexibility index (Phi) is 8.17. The smallest absolute Gasteiger partial charge is 0.328 e. The molecule has 7 nitrogen and oxygen atoms in total. The van der Waals surface area contributed by atoms with Gasteiger partial charge in [-0.15, -0.1) is 0 Å². The monoisotopic (exact) mass is 541 g/mol. The SMILES string of the molecule is CC(C)(C)OC(=O)C(c1cncnc1C1CC1)N1CC[C@@H](C(F)(F)CCCCc2ccc3c(n2)NCCC3)C1. The first-order valence-electron chi connectivity index (χ1n) is 14.5. The summed E-state index contributed by atoms with van der Waals surface area (Å²) in [4.78, 5) is 28.6. The highest BCUT2D eigenvalue weighted by molar-refractivity contribution is 5.78. The highest BCUT2D eigenvalue weighted by Gasteiger charge is 2.47. The second kappa shape index (κ2) is 11.4. The highest BCUT2D eigenvalue weighted by Crippen LogP contribution is 2.45. The Morgan fingerprint density at radius 2 is 2.03 bits per heavy atom. The third-order valence-corrected chi connectivity index (χ3v) is 7.99. The molecule has 2 aromatic heterocycles. The van der Waals surface area contributed by atoms with Crippen molar-refractivity contribution in [2.75, 3.05) is 25.0 Å². The van der Waals surface area contributed by atoms with Gasteiger partial charge in [-0.05, 0) is 90.3 Å². The van der Waals surface area contributed by atoms with Gasteiger partial charge < -0.3 is 10.1 Å². The second-order valence-corrected chi connectivity index (χ2v) is 12.4. The summed E-state index contributed by atoms with van der Waals surface area (Å²) in [6.45, 7) is 6.96. The van der Waals surface area contributed by atoms with Crippen molar-refractivity contribution in [2.24, 2.45) is 5.92 Å². The van der Waals surface area contributed by atoms with Crippen molar-refractivity contribution < 1.29 is 18.3 Å². The molecule has 1 unspecified atom stereocenters. The van der Waals surface area contributed by atoms with Crippen LogP contribution in [0.15, 0.2) is 24.7 Å². The summed E-state index contributed by atoms with van der Waals surface area (Å²) >= 11 is 0. The molecule has 0 amide bonds. The van der Waals surface area contributed by atoms with Crippen LogP contribution in [0.25, 0.3) is 0 Å². The summed E-state index contributed by atoms with van der Waals surface area (Å²) in [5, 5.41) is 3.34. The number of unbranched alkanes of at least 4 members (excludes halogenated alkanes) is 1. The van der Waals surface area contributed by atoms with E-state index in [2.05, 4.69) is 26.3 Å². The molecule has 9 heteroatoms. The first kappa shape index (κ1) is 27.9. The van der Waals surface area contributed by atoms with Crippen molar-refractivity contribution in [2.45, 2.75) is 102 Å². The lowest BCUT2D eigenvalue weighted by Gasteiger charge is -2.31. The van der Waals surface area contributed by atoms with Crippen LogP contribution in [-0.2, 0) is 22.4 Å². The predicted octanol–water partition coefficient (Wildman–Crippen LogP) is 5.86. The van der Waals surface area contributed by atoms with Crippen molar-refractivity contribution in [1.82, 2.24) is 19.9 Å². The highest BCUT2D eigenvalue weighted by atomic mass is 19.3. The number of likely N-dealkylation sites (tertiary alicyclic amines) is 1. The number of rotatable bonds is 10. The molecule has 2 fully saturated rings. The number of aromatic nitrogens is 3. The number of aryl methyl sites for hydroxylation is 2. The minimum atomic E-state index is -2.80. The zero-order valence-electron chi connectivity index (χ0n) is 23.4. The molecule has 3 aliphatic rings. The van der Waals surface area contributed by atoms with E-state index in [9.17, 15) is 4.79 Å². The number of pyridine rings is 1. The van der Waals surface area contributed by atoms with Crippen molar-refractivity contribution in [3.63, 3.8) is 0 Å². The van der Waals surface area contributed by atoms with Gasteiger partial charge in [0.05, 0.1) is 5.69 Å². The van der Waals surface area contributed by atoms with E-state index < -0.39 is 29.5 Å². The minimum absolute atomic E-state index is 0.147. The lowest BCUT2D eigenvalue weighted by Crippen LogP contribution is -2.39. The number of halogens is 2. The summed E-state index contributed by atoms with van der Waals surface area (Å²) in [6.07, 6.45) is 9.34. The number of carbonyl (C=O) groups excluding carboxylic acids is 1.